The Hall–Kier alpha value is -2.77. The summed E-state index contributed by atoms with van der Waals surface area (Å²) >= 11 is 1.52. The van der Waals surface area contributed by atoms with Crippen LogP contribution in [0.3, 0.4) is 0 Å². The number of nitro benzene ring substituents is 1. The molecule has 0 aliphatic rings. The van der Waals surface area contributed by atoms with Gasteiger partial charge in [-0.1, -0.05) is 30.3 Å². The van der Waals surface area contributed by atoms with Crippen molar-refractivity contribution in [2.24, 2.45) is 0 Å². The number of ether oxygens (including phenoxy) is 1. The lowest BCUT2D eigenvalue weighted by molar-refractivity contribution is -0.385. The highest BCUT2D eigenvalue weighted by Gasteiger charge is 2.18. The van der Waals surface area contributed by atoms with Gasteiger partial charge in [0.1, 0.15) is 11.6 Å². The van der Waals surface area contributed by atoms with E-state index in [2.05, 4.69) is 10.3 Å². The maximum Gasteiger partial charge on any atom is 0.311 e. The minimum absolute atomic E-state index is 0.0587. The summed E-state index contributed by atoms with van der Waals surface area (Å²) in [6, 6.07) is 14.5. The molecule has 3 rings (SSSR count). The van der Waals surface area contributed by atoms with Gasteiger partial charge in [0.15, 0.2) is 5.75 Å². The zero-order valence-electron chi connectivity index (χ0n) is 13.6. The highest BCUT2D eigenvalue weighted by Crippen LogP contribution is 2.33. The fourth-order valence-corrected chi connectivity index (χ4v) is 3.17. The number of hydrogen-bond acceptors (Lipinski definition) is 6. The van der Waals surface area contributed by atoms with E-state index >= 15 is 0 Å². The van der Waals surface area contributed by atoms with Gasteiger partial charge in [0.2, 0.25) is 0 Å². The second kappa shape index (κ2) is 7.87. The number of thiazole rings is 1. The zero-order chi connectivity index (χ0) is 17.6. The molecule has 0 aliphatic carbocycles. The molecule has 1 N–H and O–H groups in total. The fourth-order valence-electron chi connectivity index (χ4n) is 2.35. The first-order chi connectivity index (χ1) is 12.2. The first kappa shape index (κ1) is 17.1. The van der Waals surface area contributed by atoms with Gasteiger partial charge >= 0.3 is 5.69 Å². The van der Waals surface area contributed by atoms with E-state index in [1.165, 1.54) is 17.4 Å². The van der Waals surface area contributed by atoms with Crippen LogP contribution in [-0.4, -0.2) is 17.0 Å². The molecule has 0 fully saturated rings. The van der Waals surface area contributed by atoms with Crippen molar-refractivity contribution in [3.05, 3.63) is 74.6 Å². The average Bonchev–Trinajstić information content (AvgIpc) is 3.09. The van der Waals surface area contributed by atoms with E-state index in [0.29, 0.717) is 12.1 Å². The molecule has 0 atom stereocenters. The Kier molecular flexibility index (Phi) is 5.37. The zero-order valence-corrected chi connectivity index (χ0v) is 14.5. The standard InChI is InChI=1S/C18H17N3O3S/c1-19-10-18-20-15(12-25-18)14-7-8-17(16(9-14)21(22)23)24-11-13-5-3-2-4-6-13/h2-9,12,19H,10-11H2,1H3. The van der Waals surface area contributed by atoms with Crippen LogP contribution < -0.4 is 10.1 Å². The molecule has 6 nitrogen and oxygen atoms in total. The number of benzene rings is 2. The lowest BCUT2D eigenvalue weighted by Crippen LogP contribution is -2.04. The Morgan fingerprint density at radius 1 is 1.24 bits per heavy atom. The Bertz CT molecular complexity index is 865. The van der Waals surface area contributed by atoms with Crippen LogP contribution in [-0.2, 0) is 13.2 Å². The van der Waals surface area contributed by atoms with E-state index in [0.717, 1.165) is 16.3 Å². The molecule has 3 aromatic rings. The molecule has 1 aromatic heterocycles. The molecule has 0 aliphatic heterocycles. The Labute approximate surface area is 149 Å². The predicted octanol–water partition coefficient (Wildman–Crippen LogP) is 4.02. The highest BCUT2D eigenvalue weighted by atomic mass is 32.1. The van der Waals surface area contributed by atoms with Gasteiger partial charge in [0, 0.05) is 23.6 Å². The topological polar surface area (TPSA) is 77.3 Å². The van der Waals surface area contributed by atoms with E-state index in [1.807, 2.05) is 42.8 Å². The van der Waals surface area contributed by atoms with Crippen LogP contribution in [0.25, 0.3) is 11.3 Å². The second-order valence-corrected chi connectivity index (χ2v) is 6.31. The first-order valence-electron chi connectivity index (χ1n) is 7.72. The third-order valence-corrected chi connectivity index (χ3v) is 4.42. The Morgan fingerprint density at radius 2 is 2.04 bits per heavy atom. The van der Waals surface area contributed by atoms with Crippen LogP contribution in [0.1, 0.15) is 10.6 Å². The molecule has 0 radical (unpaired) electrons. The minimum atomic E-state index is -0.426. The molecule has 128 valence electrons. The second-order valence-electron chi connectivity index (χ2n) is 5.37. The number of rotatable bonds is 7. The van der Waals surface area contributed by atoms with Crippen molar-refractivity contribution in [2.45, 2.75) is 13.2 Å². The third kappa shape index (κ3) is 4.20. The van der Waals surface area contributed by atoms with Crippen molar-refractivity contribution < 1.29 is 9.66 Å². The van der Waals surface area contributed by atoms with E-state index in [9.17, 15) is 10.1 Å². The number of aromatic nitrogens is 1. The van der Waals surface area contributed by atoms with Gasteiger partial charge in [-0.25, -0.2) is 4.98 Å². The fraction of sp³-hybridized carbons (Fsp3) is 0.167. The maximum absolute atomic E-state index is 11.4. The summed E-state index contributed by atoms with van der Waals surface area (Å²) < 4.78 is 5.65. The molecule has 25 heavy (non-hydrogen) atoms. The molecule has 0 saturated carbocycles. The predicted molar refractivity (Wildman–Crippen MR) is 97.7 cm³/mol. The van der Waals surface area contributed by atoms with Gasteiger partial charge in [-0.05, 0) is 24.7 Å². The lowest BCUT2D eigenvalue weighted by atomic mass is 10.1. The molecule has 0 bridgehead atoms. The summed E-state index contributed by atoms with van der Waals surface area (Å²) in [4.78, 5) is 15.5. The molecular formula is C18H17N3O3S. The SMILES string of the molecule is CNCc1nc(-c2ccc(OCc3ccccc3)c([N+](=O)[O-])c2)cs1. The molecular weight excluding hydrogens is 338 g/mol. The van der Waals surface area contributed by atoms with Gasteiger partial charge < -0.3 is 10.1 Å². The summed E-state index contributed by atoms with van der Waals surface area (Å²) in [5, 5.41) is 17.3. The molecule has 0 spiro atoms. The summed E-state index contributed by atoms with van der Waals surface area (Å²) in [6.07, 6.45) is 0. The number of nitro groups is 1. The summed E-state index contributed by atoms with van der Waals surface area (Å²) in [6.45, 7) is 0.953. The summed E-state index contributed by atoms with van der Waals surface area (Å²) in [5.74, 6) is 0.253. The minimum Gasteiger partial charge on any atom is -0.482 e. The molecule has 0 amide bonds. The van der Waals surface area contributed by atoms with E-state index in [4.69, 9.17) is 4.74 Å². The van der Waals surface area contributed by atoms with E-state index in [-0.39, 0.29) is 18.0 Å². The van der Waals surface area contributed by atoms with Crippen LogP contribution in [0.15, 0.2) is 53.9 Å². The number of nitrogens with zero attached hydrogens (tertiary/aromatic N) is 2. The molecule has 0 unspecified atom stereocenters. The van der Waals surface area contributed by atoms with Crippen LogP contribution >= 0.6 is 11.3 Å². The summed E-state index contributed by atoms with van der Waals surface area (Å²) in [7, 11) is 1.85. The average molecular weight is 355 g/mol. The van der Waals surface area contributed by atoms with Crippen molar-refractivity contribution in [1.82, 2.24) is 10.3 Å². The Balaban J connectivity index is 1.83. The van der Waals surface area contributed by atoms with Gasteiger partial charge in [-0.2, -0.15) is 0 Å². The first-order valence-corrected chi connectivity index (χ1v) is 8.60. The largest absolute Gasteiger partial charge is 0.482 e. The van der Waals surface area contributed by atoms with Crippen molar-refractivity contribution in [1.29, 1.82) is 0 Å². The van der Waals surface area contributed by atoms with Crippen molar-refractivity contribution in [2.75, 3.05) is 7.05 Å². The van der Waals surface area contributed by atoms with Gasteiger partial charge in [-0.3, -0.25) is 10.1 Å². The summed E-state index contributed by atoms with van der Waals surface area (Å²) in [5.41, 5.74) is 2.33. The van der Waals surface area contributed by atoms with Gasteiger partial charge in [0.25, 0.3) is 0 Å². The van der Waals surface area contributed by atoms with Crippen LogP contribution in [0.5, 0.6) is 5.75 Å². The Morgan fingerprint density at radius 3 is 2.76 bits per heavy atom. The van der Waals surface area contributed by atoms with Gasteiger partial charge in [-0.15, -0.1) is 11.3 Å². The smallest absolute Gasteiger partial charge is 0.311 e. The van der Waals surface area contributed by atoms with Crippen LogP contribution in [0.2, 0.25) is 0 Å². The molecule has 0 saturated heterocycles. The monoisotopic (exact) mass is 355 g/mol. The van der Waals surface area contributed by atoms with E-state index in [1.54, 1.807) is 12.1 Å². The molecule has 2 aromatic carbocycles. The normalized spacial score (nSPS) is 10.6. The van der Waals surface area contributed by atoms with Crippen molar-refractivity contribution in [3.63, 3.8) is 0 Å². The quantitative estimate of drug-likeness (QED) is 0.512. The van der Waals surface area contributed by atoms with E-state index < -0.39 is 4.92 Å². The van der Waals surface area contributed by atoms with Crippen molar-refractivity contribution >= 4 is 17.0 Å². The highest BCUT2D eigenvalue weighted by molar-refractivity contribution is 7.09. The third-order valence-electron chi connectivity index (χ3n) is 3.57. The maximum atomic E-state index is 11.4. The van der Waals surface area contributed by atoms with Crippen molar-refractivity contribution in [3.8, 4) is 17.0 Å². The number of nitrogens with one attached hydrogen (secondary N) is 1. The lowest BCUT2D eigenvalue weighted by Gasteiger charge is -2.08. The molecule has 7 heteroatoms. The molecule has 1 heterocycles. The van der Waals surface area contributed by atoms with Gasteiger partial charge in [0.05, 0.1) is 10.6 Å². The number of hydrogen-bond donors (Lipinski definition) is 1. The van der Waals surface area contributed by atoms with Crippen LogP contribution in [0, 0.1) is 10.1 Å². The van der Waals surface area contributed by atoms with Crippen LogP contribution in [0.4, 0.5) is 5.69 Å².